The average Bonchev–Trinajstić information content (AvgIpc) is 3.33. The number of imidazole rings is 1. The summed E-state index contributed by atoms with van der Waals surface area (Å²) in [5.74, 6) is 1.10. The highest BCUT2D eigenvalue weighted by Gasteiger charge is 2.19. The Morgan fingerprint density at radius 1 is 0.921 bits per heavy atom. The summed E-state index contributed by atoms with van der Waals surface area (Å²) in [5, 5.41) is 9.36. The second kappa shape index (κ2) is 10.1. The summed E-state index contributed by atoms with van der Waals surface area (Å²) in [6, 6.07) is 26.0. The van der Waals surface area contributed by atoms with Gasteiger partial charge in [0.15, 0.2) is 11.5 Å². The second-order valence-corrected chi connectivity index (χ2v) is 9.68. The SMILES string of the molecule is CN1CCN(Cc2ccc(-n3c(-c4cccnc4N)nc4ccc(-c5cccc(C#N)c5)nc43)cc2)CC1. The van der Waals surface area contributed by atoms with E-state index in [4.69, 9.17) is 15.7 Å². The zero-order valence-corrected chi connectivity index (χ0v) is 21.2. The van der Waals surface area contributed by atoms with Crippen LogP contribution in [0.5, 0.6) is 0 Å². The van der Waals surface area contributed by atoms with Gasteiger partial charge in [-0.1, -0.05) is 24.3 Å². The number of fused-ring (bicyclic) bond motifs is 1. The van der Waals surface area contributed by atoms with Crippen molar-refractivity contribution >= 4 is 17.0 Å². The minimum atomic E-state index is 0.415. The Labute approximate surface area is 221 Å². The van der Waals surface area contributed by atoms with Gasteiger partial charge in [-0.2, -0.15) is 5.26 Å². The first-order valence-corrected chi connectivity index (χ1v) is 12.7. The fraction of sp³-hybridized carbons (Fsp3) is 0.200. The average molecular weight is 501 g/mol. The van der Waals surface area contributed by atoms with Gasteiger partial charge < -0.3 is 10.6 Å². The second-order valence-electron chi connectivity index (χ2n) is 9.68. The maximum atomic E-state index is 9.36. The number of hydrogen-bond acceptors (Lipinski definition) is 7. The van der Waals surface area contributed by atoms with Crippen molar-refractivity contribution in [1.29, 1.82) is 5.26 Å². The Bertz CT molecular complexity index is 1640. The molecule has 1 aliphatic heterocycles. The molecule has 2 N–H and O–H groups in total. The number of aromatic nitrogens is 4. The van der Waals surface area contributed by atoms with Crippen molar-refractivity contribution in [2.24, 2.45) is 0 Å². The molecule has 38 heavy (non-hydrogen) atoms. The number of nitrogens with two attached hydrogens (primary N) is 1. The molecule has 188 valence electrons. The fourth-order valence-electron chi connectivity index (χ4n) is 4.91. The molecule has 0 unspecified atom stereocenters. The number of nitriles is 1. The van der Waals surface area contributed by atoms with E-state index in [2.05, 4.69) is 52.2 Å². The predicted octanol–water partition coefficient (Wildman–Crippen LogP) is 4.35. The smallest absolute Gasteiger partial charge is 0.165 e. The predicted molar refractivity (Wildman–Crippen MR) is 149 cm³/mol. The molecule has 8 nitrogen and oxygen atoms in total. The van der Waals surface area contributed by atoms with Gasteiger partial charge in [-0.25, -0.2) is 15.0 Å². The summed E-state index contributed by atoms with van der Waals surface area (Å²) in [5.41, 5.74) is 13.0. The van der Waals surface area contributed by atoms with Crippen molar-refractivity contribution in [2.75, 3.05) is 39.0 Å². The number of nitrogen functional groups attached to an aromatic ring is 1. The normalized spacial score (nSPS) is 14.5. The van der Waals surface area contributed by atoms with Crippen LogP contribution in [0, 0.1) is 11.3 Å². The van der Waals surface area contributed by atoms with Crippen LogP contribution in [0.1, 0.15) is 11.1 Å². The van der Waals surface area contributed by atoms with Gasteiger partial charge in [0.2, 0.25) is 0 Å². The fourth-order valence-corrected chi connectivity index (χ4v) is 4.91. The molecule has 1 fully saturated rings. The number of hydrogen-bond donors (Lipinski definition) is 1. The summed E-state index contributed by atoms with van der Waals surface area (Å²) in [7, 11) is 2.17. The van der Waals surface area contributed by atoms with Crippen LogP contribution in [0.3, 0.4) is 0 Å². The molecule has 3 aromatic heterocycles. The molecule has 0 atom stereocenters. The zero-order valence-electron chi connectivity index (χ0n) is 21.2. The molecular formula is C30H28N8. The van der Waals surface area contributed by atoms with E-state index < -0.39 is 0 Å². The molecule has 1 saturated heterocycles. The van der Waals surface area contributed by atoms with Gasteiger partial charge in [0.1, 0.15) is 11.3 Å². The van der Waals surface area contributed by atoms with Crippen LogP contribution in [-0.2, 0) is 6.54 Å². The Morgan fingerprint density at radius 2 is 1.74 bits per heavy atom. The van der Waals surface area contributed by atoms with Crippen molar-refractivity contribution in [3.8, 4) is 34.4 Å². The number of benzene rings is 2. The largest absolute Gasteiger partial charge is 0.383 e. The van der Waals surface area contributed by atoms with Crippen LogP contribution in [0.4, 0.5) is 5.82 Å². The van der Waals surface area contributed by atoms with E-state index >= 15 is 0 Å². The molecule has 1 aliphatic rings. The number of piperazine rings is 1. The lowest BCUT2D eigenvalue weighted by Gasteiger charge is -2.32. The van der Waals surface area contributed by atoms with E-state index in [1.54, 1.807) is 12.3 Å². The molecule has 2 aromatic carbocycles. The Hall–Kier alpha value is -4.58. The first-order valence-electron chi connectivity index (χ1n) is 12.7. The van der Waals surface area contributed by atoms with Gasteiger partial charge in [-0.15, -0.1) is 0 Å². The molecule has 6 rings (SSSR count). The van der Waals surface area contributed by atoms with E-state index in [-0.39, 0.29) is 0 Å². The number of likely N-dealkylation sites (N-methyl/N-ethyl adjacent to an activating group) is 1. The topological polar surface area (TPSA) is 99.9 Å². The van der Waals surface area contributed by atoms with Gasteiger partial charge in [-0.05, 0) is 61.1 Å². The van der Waals surface area contributed by atoms with Crippen LogP contribution >= 0.6 is 0 Å². The van der Waals surface area contributed by atoms with E-state index in [1.807, 2.05) is 47.0 Å². The van der Waals surface area contributed by atoms with E-state index in [9.17, 15) is 5.26 Å². The summed E-state index contributed by atoms with van der Waals surface area (Å²) in [6.45, 7) is 5.28. The maximum absolute atomic E-state index is 9.36. The number of anilines is 1. The molecule has 0 aliphatic carbocycles. The van der Waals surface area contributed by atoms with Crippen molar-refractivity contribution in [3.63, 3.8) is 0 Å². The third-order valence-electron chi connectivity index (χ3n) is 7.07. The quantitative estimate of drug-likeness (QED) is 0.383. The monoisotopic (exact) mass is 500 g/mol. The van der Waals surface area contributed by atoms with Crippen LogP contribution in [-0.4, -0.2) is 62.5 Å². The van der Waals surface area contributed by atoms with Gasteiger partial charge in [0.05, 0.1) is 22.9 Å². The zero-order chi connectivity index (χ0) is 26.1. The van der Waals surface area contributed by atoms with Crippen LogP contribution in [0.25, 0.3) is 39.5 Å². The minimum Gasteiger partial charge on any atom is -0.383 e. The molecular weight excluding hydrogens is 472 g/mol. The number of nitrogens with zero attached hydrogens (tertiary/aromatic N) is 7. The molecule has 5 aromatic rings. The highest BCUT2D eigenvalue weighted by atomic mass is 15.2. The van der Waals surface area contributed by atoms with Crippen molar-refractivity contribution in [2.45, 2.75) is 6.54 Å². The first kappa shape index (κ1) is 23.8. The third kappa shape index (κ3) is 4.61. The first-order chi connectivity index (χ1) is 18.6. The minimum absolute atomic E-state index is 0.415. The molecule has 0 radical (unpaired) electrons. The molecule has 0 saturated carbocycles. The van der Waals surface area contributed by atoms with Crippen molar-refractivity contribution in [1.82, 2.24) is 29.3 Å². The van der Waals surface area contributed by atoms with E-state index in [0.717, 1.165) is 66.4 Å². The molecule has 8 heteroatoms. The van der Waals surface area contributed by atoms with Crippen molar-refractivity contribution in [3.05, 3.63) is 90.1 Å². The van der Waals surface area contributed by atoms with Gasteiger partial charge >= 0.3 is 0 Å². The summed E-state index contributed by atoms with van der Waals surface area (Å²) in [6.07, 6.45) is 1.68. The van der Waals surface area contributed by atoms with Crippen LogP contribution < -0.4 is 5.73 Å². The highest BCUT2D eigenvalue weighted by molar-refractivity contribution is 5.84. The summed E-state index contributed by atoms with van der Waals surface area (Å²) < 4.78 is 2.04. The van der Waals surface area contributed by atoms with Crippen LogP contribution in [0.2, 0.25) is 0 Å². The lowest BCUT2D eigenvalue weighted by atomic mass is 10.1. The summed E-state index contributed by atoms with van der Waals surface area (Å²) in [4.78, 5) is 19.1. The van der Waals surface area contributed by atoms with E-state index in [0.29, 0.717) is 17.2 Å². The number of pyridine rings is 2. The molecule has 0 amide bonds. The maximum Gasteiger partial charge on any atom is 0.165 e. The van der Waals surface area contributed by atoms with Crippen molar-refractivity contribution < 1.29 is 0 Å². The van der Waals surface area contributed by atoms with Gasteiger partial charge in [0, 0.05) is 50.2 Å². The van der Waals surface area contributed by atoms with Gasteiger partial charge in [-0.3, -0.25) is 9.47 Å². The lowest BCUT2D eigenvalue weighted by molar-refractivity contribution is 0.148. The summed E-state index contributed by atoms with van der Waals surface area (Å²) >= 11 is 0. The Balaban J connectivity index is 1.44. The van der Waals surface area contributed by atoms with Crippen LogP contribution in [0.15, 0.2) is 79.0 Å². The number of rotatable bonds is 5. The molecule has 0 bridgehead atoms. The Kier molecular flexibility index (Phi) is 6.30. The molecule has 0 spiro atoms. The highest BCUT2D eigenvalue weighted by Crippen LogP contribution is 2.32. The van der Waals surface area contributed by atoms with E-state index in [1.165, 1.54) is 5.56 Å². The standard InChI is InChI=1S/C30H28N8/c1-36-14-16-37(17-15-36)20-21-7-9-24(10-8-21)38-29(25-6-3-13-33-28(25)32)35-27-12-11-26(34-30(27)38)23-5-2-4-22(18-23)19-31/h2-13,18H,14-17,20H2,1H3,(H2,32,33). The van der Waals surface area contributed by atoms with Gasteiger partial charge in [0.25, 0.3) is 0 Å². The third-order valence-corrected chi connectivity index (χ3v) is 7.07. The lowest BCUT2D eigenvalue weighted by Crippen LogP contribution is -2.43. The molecule has 4 heterocycles. The Morgan fingerprint density at radius 3 is 2.50 bits per heavy atom.